The summed E-state index contributed by atoms with van der Waals surface area (Å²) in [6.07, 6.45) is -10.9. The molecule has 190 valence electrons. The molecule has 1 aliphatic heterocycles. The highest BCUT2D eigenvalue weighted by molar-refractivity contribution is 5.65. The molecule has 4 rings (SSSR count). The molecule has 3 N–H and O–H groups in total. The van der Waals surface area contributed by atoms with Gasteiger partial charge >= 0.3 is 17.8 Å². The van der Waals surface area contributed by atoms with Gasteiger partial charge < -0.3 is 5.73 Å². The van der Waals surface area contributed by atoms with Gasteiger partial charge in [0.15, 0.2) is 0 Å². The number of nitrogens with zero attached hydrogens (tertiary/aromatic N) is 2. The van der Waals surface area contributed by atoms with Gasteiger partial charge in [0.25, 0.3) is 12.0 Å². The lowest BCUT2D eigenvalue weighted by molar-refractivity contribution is -0.293. The van der Waals surface area contributed by atoms with E-state index in [9.17, 15) is 40.3 Å². The predicted molar refractivity (Wildman–Crippen MR) is 105 cm³/mol. The van der Waals surface area contributed by atoms with E-state index < -0.39 is 71.3 Å². The fourth-order valence-electron chi connectivity index (χ4n) is 5.09. The van der Waals surface area contributed by atoms with Gasteiger partial charge in [-0.2, -0.15) is 22.0 Å². The summed E-state index contributed by atoms with van der Waals surface area (Å²) in [6, 6.07) is -4.48. The second-order valence-corrected chi connectivity index (χ2v) is 9.06. The van der Waals surface area contributed by atoms with E-state index >= 15 is 4.39 Å². The zero-order chi connectivity index (χ0) is 25.3. The van der Waals surface area contributed by atoms with E-state index in [4.69, 9.17) is 5.73 Å². The molecule has 0 bridgehead atoms. The van der Waals surface area contributed by atoms with Gasteiger partial charge in [-0.15, -0.1) is 0 Å². The van der Waals surface area contributed by atoms with Crippen LogP contribution >= 0.6 is 0 Å². The third-order valence-electron chi connectivity index (χ3n) is 6.93. The van der Waals surface area contributed by atoms with Crippen LogP contribution in [0.25, 0.3) is 11.1 Å². The number of alkyl halides is 8. The highest BCUT2D eigenvalue weighted by Gasteiger charge is 2.63. The molecule has 1 saturated heterocycles. The predicted octanol–water partition coefficient (Wildman–Crippen LogP) is 1.02. The lowest BCUT2D eigenvalue weighted by Gasteiger charge is -2.36. The Morgan fingerprint density at radius 2 is 1.71 bits per heavy atom. The molecule has 14 heteroatoms. The zero-order valence-electron chi connectivity index (χ0n) is 17.8. The number of hydrogen-bond acceptors (Lipinski definition) is 4. The Labute approximate surface area is 186 Å². The van der Waals surface area contributed by atoms with Gasteiger partial charge in [0.2, 0.25) is 0 Å². The first-order chi connectivity index (χ1) is 15.7. The minimum absolute atomic E-state index is 0.0544. The van der Waals surface area contributed by atoms with Gasteiger partial charge in [0.05, 0.1) is 22.7 Å². The normalized spacial score (nSPS) is 27.4. The first-order valence-corrected chi connectivity index (χ1v) is 10.6. The standard InChI is InChI=1S/C20H22F8N4O2/c1-7-13-11(17(33)30-18(34)32(13)9-2-3-9)10(16(22)23)12(21)14(7)31-5-4-8(6-31)15(29)19(24,25)20(26,27)28/h8-9,12,14-16H,2-6,29H2,1H3,(H,30,33,34). The van der Waals surface area contributed by atoms with Gasteiger partial charge in [-0.1, -0.05) is 0 Å². The number of halogens is 8. The molecule has 3 aliphatic rings. The van der Waals surface area contributed by atoms with Crippen LogP contribution in [-0.4, -0.2) is 64.3 Å². The molecule has 2 fully saturated rings. The van der Waals surface area contributed by atoms with Gasteiger partial charge in [0, 0.05) is 18.2 Å². The van der Waals surface area contributed by atoms with Crippen molar-refractivity contribution in [3.63, 3.8) is 0 Å². The number of nitrogens with one attached hydrogen (secondary N) is 1. The van der Waals surface area contributed by atoms with Crippen LogP contribution in [0.3, 0.4) is 0 Å². The molecule has 2 heterocycles. The van der Waals surface area contributed by atoms with E-state index in [0.29, 0.717) is 12.8 Å². The van der Waals surface area contributed by atoms with Gasteiger partial charge in [-0.25, -0.2) is 18.0 Å². The summed E-state index contributed by atoms with van der Waals surface area (Å²) in [5.41, 5.74) is 2.15. The van der Waals surface area contributed by atoms with Crippen molar-refractivity contribution in [3.8, 4) is 0 Å². The molecule has 0 amide bonds. The third kappa shape index (κ3) is 3.78. The number of aromatic nitrogens is 2. The van der Waals surface area contributed by atoms with Crippen LogP contribution in [0.15, 0.2) is 9.59 Å². The summed E-state index contributed by atoms with van der Waals surface area (Å²) in [7, 11) is 0. The highest BCUT2D eigenvalue weighted by atomic mass is 19.4. The molecule has 0 aromatic carbocycles. The van der Waals surface area contributed by atoms with Crippen molar-refractivity contribution in [3.05, 3.63) is 31.4 Å². The first-order valence-electron chi connectivity index (χ1n) is 10.6. The van der Waals surface area contributed by atoms with E-state index in [2.05, 4.69) is 0 Å². The minimum Gasteiger partial charge on any atom is -0.322 e. The number of hydrogen-bond donors (Lipinski definition) is 2. The number of rotatable bonds is 5. The van der Waals surface area contributed by atoms with E-state index in [0.717, 1.165) is 4.57 Å². The fourth-order valence-corrected chi connectivity index (χ4v) is 5.09. The molecule has 2 aliphatic carbocycles. The summed E-state index contributed by atoms with van der Waals surface area (Å²) in [4.78, 5) is 28.0. The Kier molecular flexibility index (Phi) is 5.99. The quantitative estimate of drug-likeness (QED) is 0.590. The molecule has 34 heavy (non-hydrogen) atoms. The number of likely N-dealkylation sites (tertiary alicyclic amines) is 1. The number of H-pyrrole nitrogens is 1. The third-order valence-corrected chi connectivity index (χ3v) is 6.93. The van der Waals surface area contributed by atoms with Crippen molar-refractivity contribution in [2.24, 2.45) is 11.7 Å². The summed E-state index contributed by atoms with van der Waals surface area (Å²) >= 11 is 0. The molecule has 0 spiro atoms. The molecule has 4 atom stereocenters. The van der Waals surface area contributed by atoms with Crippen LogP contribution in [0.2, 0.25) is 0 Å². The largest absolute Gasteiger partial charge is 0.454 e. The molecular weight excluding hydrogens is 480 g/mol. The number of aromatic amines is 1. The number of fused-ring (bicyclic) bond motifs is 1. The zero-order valence-corrected chi connectivity index (χ0v) is 17.8. The summed E-state index contributed by atoms with van der Waals surface area (Å²) < 4.78 is 110. The van der Waals surface area contributed by atoms with Crippen molar-refractivity contribution >= 4 is 11.1 Å². The van der Waals surface area contributed by atoms with Crippen molar-refractivity contribution in [2.75, 3.05) is 13.1 Å². The van der Waals surface area contributed by atoms with Gasteiger partial charge in [-0.3, -0.25) is 19.2 Å². The minimum atomic E-state index is -5.88. The van der Waals surface area contributed by atoms with Crippen molar-refractivity contribution in [1.29, 1.82) is 0 Å². The Morgan fingerprint density at radius 3 is 2.24 bits per heavy atom. The molecule has 1 aromatic heterocycles. The lowest BCUT2D eigenvalue weighted by Crippen LogP contribution is -2.62. The van der Waals surface area contributed by atoms with Crippen LogP contribution in [0.5, 0.6) is 0 Å². The highest BCUT2D eigenvalue weighted by Crippen LogP contribution is 2.42. The topological polar surface area (TPSA) is 84.1 Å². The van der Waals surface area contributed by atoms with Crippen molar-refractivity contribution in [1.82, 2.24) is 14.5 Å². The second kappa shape index (κ2) is 8.18. The maximum Gasteiger partial charge on any atom is 0.454 e. The monoisotopic (exact) mass is 502 g/mol. The van der Waals surface area contributed by atoms with Crippen LogP contribution in [-0.2, 0) is 0 Å². The fraction of sp³-hybridized carbons (Fsp3) is 0.700. The SMILES string of the molecule is CC1=c2c(c(=O)[nH]c(=O)n2C2CC2)=C(C(F)F)C(F)C1N1CCC(C(N)C(F)(F)C(F)(F)F)C1. The summed E-state index contributed by atoms with van der Waals surface area (Å²) in [6.45, 7) is 0.656. The maximum atomic E-state index is 15.5. The van der Waals surface area contributed by atoms with Gasteiger partial charge in [-0.05, 0) is 44.2 Å². The van der Waals surface area contributed by atoms with Crippen LogP contribution < -0.4 is 27.6 Å². The van der Waals surface area contributed by atoms with Gasteiger partial charge in [0.1, 0.15) is 6.17 Å². The molecule has 6 nitrogen and oxygen atoms in total. The smallest absolute Gasteiger partial charge is 0.322 e. The average Bonchev–Trinajstić information content (AvgIpc) is 3.43. The van der Waals surface area contributed by atoms with Crippen molar-refractivity contribution < 1.29 is 35.1 Å². The van der Waals surface area contributed by atoms with Crippen LogP contribution in [0, 0.1) is 5.92 Å². The summed E-state index contributed by atoms with van der Waals surface area (Å²) in [5, 5.41) is -0.794. The van der Waals surface area contributed by atoms with E-state index in [1.165, 1.54) is 11.8 Å². The number of nitrogens with two attached hydrogens (primary N) is 1. The molecule has 1 saturated carbocycles. The molecular formula is C20H22F8N4O2. The summed E-state index contributed by atoms with van der Waals surface area (Å²) in [5.74, 6) is -6.58. The Hall–Kier alpha value is -2.22. The lowest BCUT2D eigenvalue weighted by atomic mass is 9.89. The van der Waals surface area contributed by atoms with Crippen LogP contribution in [0.1, 0.15) is 32.2 Å². The molecule has 4 unspecified atom stereocenters. The van der Waals surface area contributed by atoms with E-state index in [-0.39, 0.29) is 29.9 Å². The van der Waals surface area contributed by atoms with Crippen LogP contribution in [0.4, 0.5) is 35.1 Å². The van der Waals surface area contributed by atoms with E-state index in [1.807, 2.05) is 4.98 Å². The Morgan fingerprint density at radius 1 is 1.09 bits per heavy atom. The van der Waals surface area contributed by atoms with E-state index in [1.54, 1.807) is 0 Å². The molecule has 0 radical (unpaired) electrons. The molecule has 1 aromatic rings. The Bertz CT molecular complexity index is 1220. The average molecular weight is 502 g/mol. The van der Waals surface area contributed by atoms with Crippen molar-refractivity contribution in [2.45, 2.75) is 69.0 Å². The Balaban J connectivity index is 1.81. The second-order valence-electron chi connectivity index (χ2n) is 9.06. The maximum absolute atomic E-state index is 15.5. The first kappa shape index (κ1) is 24.9.